The van der Waals surface area contributed by atoms with E-state index in [2.05, 4.69) is 0 Å². The van der Waals surface area contributed by atoms with Crippen molar-refractivity contribution >= 4 is 5.97 Å². The van der Waals surface area contributed by atoms with Gasteiger partial charge in [-0.15, -0.1) is 0 Å². The normalized spacial score (nSPS) is 11.5. The van der Waals surface area contributed by atoms with Crippen LogP contribution in [-0.2, 0) is 4.79 Å². The molecule has 0 saturated heterocycles. The van der Waals surface area contributed by atoms with E-state index in [1.54, 1.807) is 0 Å². The smallest absolute Gasteiger partial charge is 0.305 e. The lowest BCUT2D eigenvalue weighted by Crippen LogP contribution is -2.40. The van der Waals surface area contributed by atoms with Crippen LogP contribution in [0, 0.1) is 0 Å². The third-order valence-corrected chi connectivity index (χ3v) is 1.91. The summed E-state index contributed by atoms with van der Waals surface area (Å²) in [5, 5.41) is 8.43. The van der Waals surface area contributed by atoms with Gasteiger partial charge in [0.25, 0.3) is 0 Å². The van der Waals surface area contributed by atoms with Gasteiger partial charge in [0, 0.05) is 5.54 Å². The fourth-order valence-corrected chi connectivity index (χ4v) is 0.801. The van der Waals surface area contributed by atoms with Crippen LogP contribution in [0.15, 0.2) is 0 Å². The summed E-state index contributed by atoms with van der Waals surface area (Å²) in [4.78, 5) is 10.3. The van der Waals surface area contributed by atoms with E-state index in [-0.39, 0.29) is 6.42 Å². The van der Waals surface area contributed by atoms with Crippen molar-refractivity contribution in [2.45, 2.75) is 38.6 Å². The molecule has 0 aliphatic carbocycles. The first-order valence-corrected chi connectivity index (χ1v) is 3.54. The largest absolute Gasteiger partial charge is 0.481 e. The second-order valence-electron chi connectivity index (χ2n) is 2.64. The van der Waals surface area contributed by atoms with Gasteiger partial charge in [-0.1, -0.05) is 13.8 Å². The van der Waals surface area contributed by atoms with Gasteiger partial charge in [0.1, 0.15) is 0 Å². The fourth-order valence-electron chi connectivity index (χ4n) is 0.801. The van der Waals surface area contributed by atoms with E-state index in [1.807, 2.05) is 13.8 Å². The summed E-state index contributed by atoms with van der Waals surface area (Å²) < 4.78 is 0. The number of nitrogens with two attached hydrogens (primary N) is 1. The van der Waals surface area contributed by atoms with Crippen LogP contribution in [0.5, 0.6) is 0 Å². The monoisotopic (exact) mass is 145 g/mol. The third-order valence-electron chi connectivity index (χ3n) is 1.91. The van der Waals surface area contributed by atoms with Crippen molar-refractivity contribution in [2.24, 2.45) is 5.73 Å². The first kappa shape index (κ1) is 9.43. The van der Waals surface area contributed by atoms with E-state index >= 15 is 0 Å². The molecule has 0 fully saturated rings. The summed E-state index contributed by atoms with van der Waals surface area (Å²) in [6, 6.07) is 0. The maximum atomic E-state index is 10.3. The second kappa shape index (κ2) is 3.56. The van der Waals surface area contributed by atoms with Crippen molar-refractivity contribution < 1.29 is 9.90 Å². The standard InChI is InChI=1S/C7H15NO2/c1-3-7(8,4-2)5-6(9)10/h3-5,8H2,1-2H3,(H,9,10). The summed E-state index contributed by atoms with van der Waals surface area (Å²) in [7, 11) is 0. The molecule has 3 nitrogen and oxygen atoms in total. The van der Waals surface area contributed by atoms with Gasteiger partial charge >= 0.3 is 5.97 Å². The molecule has 0 heterocycles. The molecule has 0 saturated carbocycles. The predicted octanol–water partition coefficient (Wildman–Crippen LogP) is 0.979. The maximum absolute atomic E-state index is 10.3. The maximum Gasteiger partial charge on any atom is 0.305 e. The van der Waals surface area contributed by atoms with Crippen LogP contribution >= 0.6 is 0 Å². The number of hydrogen-bond donors (Lipinski definition) is 2. The highest BCUT2D eigenvalue weighted by Crippen LogP contribution is 2.15. The van der Waals surface area contributed by atoms with Gasteiger partial charge in [-0.25, -0.2) is 0 Å². The highest BCUT2D eigenvalue weighted by molar-refractivity contribution is 5.68. The molecule has 0 aromatic carbocycles. The molecule has 10 heavy (non-hydrogen) atoms. The Morgan fingerprint density at radius 1 is 1.50 bits per heavy atom. The summed E-state index contributed by atoms with van der Waals surface area (Å²) in [6.07, 6.45) is 1.51. The Morgan fingerprint density at radius 2 is 1.90 bits per heavy atom. The Kier molecular flexibility index (Phi) is 3.36. The molecule has 3 N–H and O–H groups in total. The number of carbonyl (C=O) groups is 1. The SMILES string of the molecule is CCC(N)(CC)CC(=O)O. The lowest BCUT2D eigenvalue weighted by atomic mass is 9.91. The second-order valence-corrected chi connectivity index (χ2v) is 2.64. The van der Waals surface area contributed by atoms with Crippen molar-refractivity contribution in [1.29, 1.82) is 0 Å². The summed E-state index contributed by atoms with van der Waals surface area (Å²) >= 11 is 0. The summed E-state index contributed by atoms with van der Waals surface area (Å²) in [5.41, 5.74) is 5.22. The molecule has 0 aliphatic heterocycles. The molecule has 0 radical (unpaired) electrons. The highest BCUT2D eigenvalue weighted by Gasteiger charge is 2.23. The molecule has 0 aromatic rings. The van der Waals surface area contributed by atoms with E-state index in [9.17, 15) is 4.79 Å². The Hall–Kier alpha value is -0.570. The predicted molar refractivity (Wildman–Crippen MR) is 39.8 cm³/mol. The number of rotatable bonds is 4. The number of carboxylic acid groups (broad SMARTS) is 1. The minimum atomic E-state index is -0.814. The molecule has 0 spiro atoms. The minimum absolute atomic E-state index is 0.0694. The molecule has 0 unspecified atom stereocenters. The molecule has 0 amide bonds. The zero-order valence-electron chi connectivity index (χ0n) is 6.55. The molecule has 0 rings (SSSR count). The number of carboxylic acids is 1. The molecule has 0 aromatic heterocycles. The van der Waals surface area contributed by atoms with Crippen molar-refractivity contribution in [1.82, 2.24) is 0 Å². The van der Waals surface area contributed by atoms with Crippen molar-refractivity contribution in [3.8, 4) is 0 Å². The fraction of sp³-hybridized carbons (Fsp3) is 0.857. The zero-order chi connectivity index (χ0) is 8.20. The Bertz CT molecular complexity index is 119. The first-order valence-electron chi connectivity index (χ1n) is 3.54. The van der Waals surface area contributed by atoms with Gasteiger partial charge in [0.2, 0.25) is 0 Å². The van der Waals surface area contributed by atoms with Crippen molar-refractivity contribution in [3.05, 3.63) is 0 Å². The zero-order valence-corrected chi connectivity index (χ0v) is 6.55. The van der Waals surface area contributed by atoms with Crippen molar-refractivity contribution in [3.63, 3.8) is 0 Å². The molecule has 0 bridgehead atoms. The Balaban J connectivity index is 3.92. The van der Waals surface area contributed by atoms with E-state index in [1.165, 1.54) is 0 Å². The third kappa shape index (κ3) is 2.82. The van der Waals surface area contributed by atoms with Crippen LogP contribution in [-0.4, -0.2) is 16.6 Å². The van der Waals surface area contributed by atoms with E-state index < -0.39 is 11.5 Å². The molecule has 3 heteroatoms. The van der Waals surface area contributed by atoms with Crippen LogP contribution in [0.3, 0.4) is 0 Å². The highest BCUT2D eigenvalue weighted by atomic mass is 16.4. The summed E-state index contributed by atoms with van der Waals surface area (Å²) in [6.45, 7) is 3.82. The lowest BCUT2D eigenvalue weighted by Gasteiger charge is -2.23. The molecular weight excluding hydrogens is 130 g/mol. The average Bonchev–Trinajstić information content (AvgIpc) is 1.87. The molecule has 0 aliphatic rings. The lowest BCUT2D eigenvalue weighted by molar-refractivity contribution is -0.138. The molecule has 60 valence electrons. The van der Waals surface area contributed by atoms with Gasteiger partial charge in [0.15, 0.2) is 0 Å². The van der Waals surface area contributed by atoms with E-state index in [0.29, 0.717) is 0 Å². The van der Waals surface area contributed by atoms with E-state index in [4.69, 9.17) is 10.8 Å². The number of hydrogen-bond acceptors (Lipinski definition) is 2. The summed E-state index contributed by atoms with van der Waals surface area (Å²) in [5.74, 6) is -0.814. The average molecular weight is 145 g/mol. The topological polar surface area (TPSA) is 63.3 Å². The Labute approximate surface area is 61.2 Å². The molecule has 0 atom stereocenters. The van der Waals surface area contributed by atoms with Crippen LogP contribution in [0.1, 0.15) is 33.1 Å². The van der Waals surface area contributed by atoms with Gasteiger partial charge in [0.05, 0.1) is 6.42 Å². The van der Waals surface area contributed by atoms with Gasteiger partial charge in [-0.2, -0.15) is 0 Å². The van der Waals surface area contributed by atoms with Gasteiger partial charge in [-0.3, -0.25) is 4.79 Å². The van der Waals surface area contributed by atoms with Gasteiger partial charge < -0.3 is 10.8 Å². The van der Waals surface area contributed by atoms with Crippen molar-refractivity contribution in [2.75, 3.05) is 0 Å². The number of aliphatic carboxylic acids is 1. The van der Waals surface area contributed by atoms with Crippen LogP contribution in [0.2, 0.25) is 0 Å². The minimum Gasteiger partial charge on any atom is -0.481 e. The first-order chi connectivity index (χ1) is 4.54. The quantitative estimate of drug-likeness (QED) is 0.619. The van der Waals surface area contributed by atoms with Crippen LogP contribution in [0.4, 0.5) is 0 Å². The molecular formula is C7H15NO2. The van der Waals surface area contributed by atoms with Crippen LogP contribution in [0.25, 0.3) is 0 Å². The van der Waals surface area contributed by atoms with Crippen LogP contribution < -0.4 is 5.73 Å². The Morgan fingerprint density at radius 3 is 2.00 bits per heavy atom. The van der Waals surface area contributed by atoms with E-state index in [0.717, 1.165) is 12.8 Å². The van der Waals surface area contributed by atoms with Gasteiger partial charge in [-0.05, 0) is 12.8 Å².